The molecule has 1 rings (SSSR count). The van der Waals surface area contributed by atoms with E-state index in [0.717, 1.165) is 0 Å². The molecule has 1 aliphatic rings. The lowest BCUT2D eigenvalue weighted by molar-refractivity contribution is -0.145. The summed E-state index contributed by atoms with van der Waals surface area (Å²) in [6, 6.07) is 0. The molecule has 1 saturated heterocycles. The summed E-state index contributed by atoms with van der Waals surface area (Å²) in [6.45, 7) is 3.54. The molecule has 0 bridgehead atoms. The average Bonchev–Trinajstić information content (AvgIpc) is 2.74. The number of hydrogen-bond acceptors (Lipinski definition) is 4. The van der Waals surface area contributed by atoms with Gasteiger partial charge in [0.1, 0.15) is 6.61 Å². The standard InChI is InChI=1S/C10H17NO4/c1-3-15-7-9(12)11-5-4-8(6-11)10(13)14-2/h8H,3-7H2,1-2H3. The van der Waals surface area contributed by atoms with Gasteiger partial charge in [0.2, 0.25) is 5.91 Å². The van der Waals surface area contributed by atoms with E-state index in [-0.39, 0.29) is 24.4 Å². The van der Waals surface area contributed by atoms with Crippen LogP contribution in [0.1, 0.15) is 13.3 Å². The zero-order valence-corrected chi connectivity index (χ0v) is 9.19. The molecular weight excluding hydrogens is 198 g/mol. The van der Waals surface area contributed by atoms with Crippen LogP contribution in [0.25, 0.3) is 0 Å². The molecule has 1 aliphatic heterocycles. The lowest BCUT2D eigenvalue weighted by Crippen LogP contribution is -2.33. The van der Waals surface area contributed by atoms with E-state index in [0.29, 0.717) is 26.1 Å². The lowest BCUT2D eigenvalue weighted by atomic mass is 10.1. The van der Waals surface area contributed by atoms with Crippen molar-refractivity contribution in [1.82, 2.24) is 4.90 Å². The number of esters is 1. The number of carbonyl (C=O) groups excluding carboxylic acids is 2. The molecule has 15 heavy (non-hydrogen) atoms. The average molecular weight is 215 g/mol. The van der Waals surface area contributed by atoms with Gasteiger partial charge in [0.15, 0.2) is 0 Å². The number of ether oxygens (including phenoxy) is 2. The van der Waals surface area contributed by atoms with Gasteiger partial charge < -0.3 is 14.4 Å². The molecule has 0 saturated carbocycles. The van der Waals surface area contributed by atoms with Gasteiger partial charge in [-0.3, -0.25) is 9.59 Å². The zero-order chi connectivity index (χ0) is 11.3. The molecule has 0 spiro atoms. The summed E-state index contributed by atoms with van der Waals surface area (Å²) in [6.07, 6.45) is 0.685. The van der Waals surface area contributed by atoms with Crippen molar-refractivity contribution in [3.8, 4) is 0 Å². The minimum Gasteiger partial charge on any atom is -0.469 e. The van der Waals surface area contributed by atoms with Crippen molar-refractivity contribution >= 4 is 11.9 Å². The molecule has 1 amide bonds. The predicted molar refractivity (Wildman–Crippen MR) is 53.2 cm³/mol. The topological polar surface area (TPSA) is 55.8 Å². The van der Waals surface area contributed by atoms with Crippen molar-refractivity contribution in [2.45, 2.75) is 13.3 Å². The molecule has 0 aromatic rings. The summed E-state index contributed by atoms with van der Waals surface area (Å²) in [5.41, 5.74) is 0. The molecule has 5 heteroatoms. The van der Waals surface area contributed by atoms with E-state index in [1.807, 2.05) is 6.92 Å². The van der Waals surface area contributed by atoms with Gasteiger partial charge in [-0.2, -0.15) is 0 Å². The minimum atomic E-state index is -0.235. The quantitative estimate of drug-likeness (QED) is 0.621. The highest BCUT2D eigenvalue weighted by Crippen LogP contribution is 2.17. The third-order valence-electron chi connectivity index (χ3n) is 2.51. The number of methoxy groups -OCH3 is 1. The first kappa shape index (κ1) is 12.0. The largest absolute Gasteiger partial charge is 0.469 e. The Kier molecular flexibility index (Phi) is 4.55. The Balaban J connectivity index is 2.35. The van der Waals surface area contributed by atoms with Crippen molar-refractivity contribution in [2.75, 3.05) is 33.4 Å². The summed E-state index contributed by atoms with van der Waals surface area (Å²) < 4.78 is 9.66. The van der Waals surface area contributed by atoms with Crippen molar-refractivity contribution in [3.63, 3.8) is 0 Å². The molecule has 0 aromatic carbocycles. The number of nitrogens with zero attached hydrogens (tertiary/aromatic N) is 1. The van der Waals surface area contributed by atoms with Crippen molar-refractivity contribution in [1.29, 1.82) is 0 Å². The van der Waals surface area contributed by atoms with Crippen LogP contribution in [0.2, 0.25) is 0 Å². The fraction of sp³-hybridized carbons (Fsp3) is 0.800. The van der Waals surface area contributed by atoms with Crippen LogP contribution >= 0.6 is 0 Å². The molecule has 1 fully saturated rings. The van der Waals surface area contributed by atoms with E-state index in [2.05, 4.69) is 4.74 Å². The Hall–Kier alpha value is -1.10. The first-order chi connectivity index (χ1) is 7.19. The Morgan fingerprint density at radius 2 is 2.20 bits per heavy atom. The first-order valence-corrected chi connectivity index (χ1v) is 5.12. The second kappa shape index (κ2) is 5.70. The molecule has 1 atom stereocenters. The van der Waals surface area contributed by atoms with E-state index in [4.69, 9.17) is 4.74 Å². The summed E-state index contributed by atoms with van der Waals surface area (Å²) in [4.78, 5) is 24.4. The lowest BCUT2D eigenvalue weighted by Gasteiger charge is -2.15. The highest BCUT2D eigenvalue weighted by atomic mass is 16.5. The molecule has 1 unspecified atom stereocenters. The van der Waals surface area contributed by atoms with Crippen LogP contribution in [0.15, 0.2) is 0 Å². The third-order valence-corrected chi connectivity index (χ3v) is 2.51. The summed E-state index contributed by atoms with van der Waals surface area (Å²) in [5, 5.41) is 0. The van der Waals surface area contributed by atoms with Gasteiger partial charge >= 0.3 is 5.97 Å². The second-order valence-corrected chi connectivity index (χ2v) is 3.49. The van der Waals surface area contributed by atoms with Gasteiger partial charge in [-0.1, -0.05) is 0 Å². The van der Waals surface area contributed by atoms with E-state index < -0.39 is 0 Å². The second-order valence-electron chi connectivity index (χ2n) is 3.49. The monoisotopic (exact) mass is 215 g/mol. The van der Waals surface area contributed by atoms with Gasteiger partial charge in [0, 0.05) is 19.7 Å². The van der Waals surface area contributed by atoms with Crippen LogP contribution < -0.4 is 0 Å². The molecule has 0 aliphatic carbocycles. The maximum atomic E-state index is 11.5. The Morgan fingerprint density at radius 1 is 1.47 bits per heavy atom. The maximum absolute atomic E-state index is 11.5. The van der Waals surface area contributed by atoms with Gasteiger partial charge in [0.25, 0.3) is 0 Å². The van der Waals surface area contributed by atoms with E-state index in [1.54, 1.807) is 4.90 Å². The third kappa shape index (κ3) is 3.20. The van der Waals surface area contributed by atoms with Crippen LogP contribution in [0.3, 0.4) is 0 Å². The highest BCUT2D eigenvalue weighted by molar-refractivity contribution is 5.80. The number of rotatable bonds is 4. The van der Waals surface area contributed by atoms with Crippen molar-refractivity contribution in [2.24, 2.45) is 5.92 Å². The predicted octanol–water partition coefficient (Wildman–Crippen LogP) is 0.0444. The smallest absolute Gasteiger partial charge is 0.310 e. The molecule has 0 radical (unpaired) electrons. The van der Waals surface area contributed by atoms with Crippen LogP contribution in [0.5, 0.6) is 0 Å². The van der Waals surface area contributed by atoms with E-state index in [1.165, 1.54) is 7.11 Å². The van der Waals surface area contributed by atoms with Crippen LogP contribution in [0.4, 0.5) is 0 Å². The number of likely N-dealkylation sites (tertiary alicyclic amines) is 1. The van der Waals surface area contributed by atoms with E-state index in [9.17, 15) is 9.59 Å². The van der Waals surface area contributed by atoms with Gasteiger partial charge in [0.05, 0.1) is 13.0 Å². The summed E-state index contributed by atoms with van der Waals surface area (Å²) in [7, 11) is 1.37. The number of carbonyl (C=O) groups is 2. The fourth-order valence-corrected chi connectivity index (χ4v) is 1.63. The number of hydrogen-bond donors (Lipinski definition) is 0. The molecule has 0 aromatic heterocycles. The molecular formula is C10H17NO4. The first-order valence-electron chi connectivity index (χ1n) is 5.12. The van der Waals surface area contributed by atoms with Crippen LogP contribution in [-0.4, -0.2) is 50.2 Å². The molecule has 5 nitrogen and oxygen atoms in total. The fourth-order valence-electron chi connectivity index (χ4n) is 1.63. The van der Waals surface area contributed by atoms with E-state index >= 15 is 0 Å². The molecule has 86 valence electrons. The minimum absolute atomic E-state index is 0.0525. The van der Waals surface area contributed by atoms with Gasteiger partial charge in [-0.15, -0.1) is 0 Å². The Bertz CT molecular complexity index is 242. The summed E-state index contributed by atoms with van der Waals surface area (Å²) in [5.74, 6) is -0.453. The van der Waals surface area contributed by atoms with Crippen LogP contribution in [0, 0.1) is 5.92 Å². The van der Waals surface area contributed by atoms with Crippen molar-refractivity contribution < 1.29 is 19.1 Å². The molecule has 0 N–H and O–H groups in total. The maximum Gasteiger partial charge on any atom is 0.310 e. The van der Waals surface area contributed by atoms with Crippen molar-refractivity contribution in [3.05, 3.63) is 0 Å². The summed E-state index contributed by atoms with van der Waals surface area (Å²) >= 11 is 0. The number of amides is 1. The Morgan fingerprint density at radius 3 is 2.80 bits per heavy atom. The normalized spacial score (nSPS) is 20.4. The SMILES string of the molecule is CCOCC(=O)N1CCC(C(=O)OC)C1. The zero-order valence-electron chi connectivity index (χ0n) is 9.19. The molecule has 1 heterocycles. The van der Waals surface area contributed by atoms with Crippen LogP contribution in [-0.2, 0) is 19.1 Å². The Labute approximate surface area is 89.3 Å². The van der Waals surface area contributed by atoms with Gasteiger partial charge in [-0.05, 0) is 13.3 Å². The van der Waals surface area contributed by atoms with Gasteiger partial charge in [-0.25, -0.2) is 0 Å². The highest BCUT2D eigenvalue weighted by Gasteiger charge is 2.31.